The third-order valence-electron chi connectivity index (χ3n) is 6.77. The summed E-state index contributed by atoms with van der Waals surface area (Å²) in [6, 6.07) is 14.6. The normalized spacial score (nSPS) is 17.1. The fourth-order valence-corrected chi connectivity index (χ4v) is 5.19. The summed E-state index contributed by atoms with van der Waals surface area (Å²) in [6.07, 6.45) is 8.60. The molecule has 5 rings (SSSR count). The number of piperidine rings is 1. The number of hydrogen-bond acceptors (Lipinski definition) is 6. The number of carbonyl (C=O) groups excluding carboxylic acids is 1. The fourth-order valence-electron chi connectivity index (χ4n) is 4.63. The van der Waals surface area contributed by atoms with Crippen LogP contribution in [0.15, 0.2) is 96.2 Å². The van der Waals surface area contributed by atoms with Gasteiger partial charge in [0.2, 0.25) is 11.8 Å². The molecule has 0 bridgehead atoms. The van der Waals surface area contributed by atoms with Crippen LogP contribution >= 0.6 is 23.2 Å². The highest BCUT2D eigenvalue weighted by Gasteiger charge is 2.26. The van der Waals surface area contributed by atoms with Gasteiger partial charge in [-0.2, -0.15) is 5.10 Å². The number of hydrogen-bond donors (Lipinski definition) is 3. The molecule has 204 valence electrons. The van der Waals surface area contributed by atoms with Crippen molar-refractivity contribution >= 4 is 46.4 Å². The molecule has 3 aromatic rings. The Balaban J connectivity index is 1.31. The van der Waals surface area contributed by atoms with E-state index in [1.54, 1.807) is 36.5 Å². The second kappa shape index (κ2) is 11.8. The molecule has 11 heteroatoms. The lowest BCUT2D eigenvalue weighted by atomic mass is 10.0. The number of nitrogens with two attached hydrogens (primary N) is 1. The van der Waals surface area contributed by atoms with E-state index in [0.29, 0.717) is 39.8 Å². The van der Waals surface area contributed by atoms with Gasteiger partial charge in [0.1, 0.15) is 5.84 Å². The molecule has 1 saturated heterocycles. The zero-order chi connectivity index (χ0) is 28.2. The first-order valence-corrected chi connectivity index (χ1v) is 13.4. The van der Waals surface area contributed by atoms with Crippen LogP contribution in [0.25, 0.3) is 5.57 Å². The van der Waals surface area contributed by atoms with Crippen LogP contribution in [0.4, 0.5) is 0 Å². The number of hydrazone groups is 1. The summed E-state index contributed by atoms with van der Waals surface area (Å²) in [6.45, 7) is 5.24. The minimum atomic E-state index is -0.230. The van der Waals surface area contributed by atoms with Crippen molar-refractivity contribution in [2.75, 3.05) is 13.1 Å². The molecule has 0 spiro atoms. The monoisotopic (exact) mass is 575 g/mol. The average molecular weight is 576 g/mol. The number of likely N-dealkylation sites (tertiary alicyclic amines) is 1. The lowest BCUT2D eigenvalue weighted by Crippen LogP contribution is -2.39. The summed E-state index contributed by atoms with van der Waals surface area (Å²) in [5, 5.41) is 17.7. The highest BCUT2D eigenvalue weighted by Crippen LogP contribution is 2.29. The zero-order valence-electron chi connectivity index (χ0n) is 21.5. The Kier molecular flexibility index (Phi) is 8.04. The van der Waals surface area contributed by atoms with Crippen LogP contribution < -0.4 is 11.2 Å². The summed E-state index contributed by atoms with van der Waals surface area (Å²) in [7, 11) is 0. The molecule has 0 unspecified atom stereocenters. The predicted octanol–water partition coefficient (Wildman–Crippen LogP) is 5.37. The summed E-state index contributed by atoms with van der Waals surface area (Å²) in [5.74, 6) is 0.156. The van der Waals surface area contributed by atoms with Crippen molar-refractivity contribution in [1.82, 2.24) is 20.1 Å². The maximum Gasteiger partial charge on any atom is 0.253 e. The number of carbonyl (C=O) groups is 1. The summed E-state index contributed by atoms with van der Waals surface area (Å²) in [5.41, 5.74) is 11.6. The maximum absolute atomic E-state index is 12.8. The Labute approximate surface area is 241 Å². The molecule has 0 aliphatic carbocycles. The SMILES string of the molecule is C=C/C(=C\C(C(=N)N)=C1NN=C(c2c(Cl)cccc2Cl)O1)c1cnn(C2CCN(C(=O)c3ccccc3)CC2)c1. The van der Waals surface area contributed by atoms with Crippen molar-refractivity contribution in [3.05, 3.63) is 118 Å². The van der Waals surface area contributed by atoms with Gasteiger partial charge < -0.3 is 15.4 Å². The van der Waals surface area contributed by atoms with E-state index in [0.717, 1.165) is 18.4 Å². The highest BCUT2D eigenvalue weighted by molar-refractivity contribution is 6.39. The molecule has 3 heterocycles. The van der Waals surface area contributed by atoms with Gasteiger partial charge >= 0.3 is 0 Å². The van der Waals surface area contributed by atoms with E-state index in [9.17, 15) is 4.79 Å². The Bertz CT molecular complexity index is 1530. The average Bonchev–Trinajstić information content (AvgIpc) is 3.64. The van der Waals surface area contributed by atoms with Crippen LogP contribution in [0.1, 0.15) is 40.4 Å². The number of rotatable bonds is 7. The Morgan fingerprint density at radius 3 is 2.45 bits per heavy atom. The van der Waals surface area contributed by atoms with Crippen molar-refractivity contribution in [2.24, 2.45) is 10.8 Å². The topological polar surface area (TPSA) is 122 Å². The number of amidine groups is 1. The van der Waals surface area contributed by atoms with Gasteiger partial charge in [0.25, 0.3) is 5.91 Å². The van der Waals surface area contributed by atoms with Crippen molar-refractivity contribution in [3.63, 3.8) is 0 Å². The molecule has 0 atom stereocenters. The fraction of sp³-hybridized carbons (Fsp3) is 0.172. The third-order valence-corrected chi connectivity index (χ3v) is 7.40. The molecule has 40 heavy (non-hydrogen) atoms. The molecule has 4 N–H and O–H groups in total. The first-order valence-electron chi connectivity index (χ1n) is 12.6. The lowest BCUT2D eigenvalue weighted by molar-refractivity contribution is 0.0690. The number of ether oxygens (including phenoxy) is 1. The van der Waals surface area contributed by atoms with E-state index in [2.05, 4.69) is 22.2 Å². The van der Waals surface area contributed by atoms with Crippen molar-refractivity contribution in [2.45, 2.75) is 18.9 Å². The number of nitrogens with one attached hydrogen (secondary N) is 2. The van der Waals surface area contributed by atoms with E-state index in [-0.39, 0.29) is 35.1 Å². The first kappa shape index (κ1) is 27.2. The third kappa shape index (κ3) is 5.66. The summed E-state index contributed by atoms with van der Waals surface area (Å²) >= 11 is 12.6. The smallest absolute Gasteiger partial charge is 0.253 e. The molecule has 2 aliphatic rings. The minimum Gasteiger partial charge on any atom is -0.418 e. The molecular formula is C29H27Cl2N7O2. The van der Waals surface area contributed by atoms with Gasteiger partial charge in [-0.25, -0.2) is 5.43 Å². The van der Waals surface area contributed by atoms with E-state index >= 15 is 0 Å². The van der Waals surface area contributed by atoms with Gasteiger partial charge in [-0.1, -0.05) is 60.1 Å². The van der Waals surface area contributed by atoms with Gasteiger partial charge in [-0.15, -0.1) is 5.10 Å². The summed E-state index contributed by atoms with van der Waals surface area (Å²) in [4.78, 5) is 14.7. The number of allylic oxidation sites excluding steroid dienone is 2. The maximum atomic E-state index is 12.8. The Morgan fingerprint density at radius 2 is 1.80 bits per heavy atom. The predicted molar refractivity (Wildman–Crippen MR) is 157 cm³/mol. The number of nitrogens with zero attached hydrogens (tertiary/aromatic N) is 4. The van der Waals surface area contributed by atoms with E-state index in [1.807, 2.05) is 46.1 Å². The van der Waals surface area contributed by atoms with Crippen LogP contribution in [-0.4, -0.2) is 45.4 Å². The van der Waals surface area contributed by atoms with Crippen molar-refractivity contribution in [1.29, 1.82) is 5.41 Å². The number of aromatic nitrogens is 2. The largest absolute Gasteiger partial charge is 0.418 e. The second-order valence-corrected chi connectivity index (χ2v) is 10.1. The lowest BCUT2D eigenvalue weighted by Gasteiger charge is -2.32. The zero-order valence-corrected chi connectivity index (χ0v) is 23.0. The van der Waals surface area contributed by atoms with E-state index in [4.69, 9.17) is 39.1 Å². The summed E-state index contributed by atoms with van der Waals surface area (Å²) < 4.78 is 7.79. The van der Waals surface area contributed by atoms with Crippen LogP contribution in [0.5, 0.6) is 0 Å². The van der Waals surface area contributed by atoms with Crippen LogP contribution in [-0.2, 0) is 4.74 Å². The Morgan fingerprint density at radius 1 is 1.10 bits per heavy atom. The molecule has 1 amide bonds. The van der Waals surface area contributed by atoms with Crippen LogP contribution in [0.3, 0.4) is 0 Å². The molecule has 0 saturated carbocycles. The first-order chi connectivity index (χ1) is 19.4. The van der Waals surface area contributed by atoms with Crippen molar-refractivity contribution in [3.8, 4) is 0 Å². The van der Waals surface area contributed by atoms with Crippen molar-refractivity contribution < 1.29 is 9.53 Å². The van der Waals surface area contributed by atoms with Gasteiger partial charge in [-0.3, -0.25) is 14.9 Å². The van der Waals surface area contributed by atoms with E-state index < -0.39 is 0 Å². The highest BCUT2D eigenvalue weighted by atomic mass is 35.5. The molecule has 1 fully saturated rings. The molecular weight excluding hydrogens is 549 g/mol. The number of halogens is 2. The number of benzene rings is 2. The molecule has 9 nitrogen and oxygen atoms in total. The second-order valence-electron chi connectivity index (χ2n) is 9.29. The molecule has 2 aliphatic heterocycles. The van der Waals surface area contributed by atoms with Crippen LogP contribution in [0, 0.1) is 5.41 Å². The molecule has 1 aromatic heterocycles. The van der Waals surface area contributed by atoms with Gasteiger partial charge in [0, 0.05) is 30.4 Å². The number of amides is 1. The van der Waals surface area contributed by atoms with Crippen LogP contribution in [0.2, 0.25) is 10.0 Å². The van der Waals surface area contributed by atoms with Gasteiger partial charge in [-0.05, 0) is 48.8 Å². The molecule has 0 radical (unpaired) electrons. The van der Waals surface area contributed by atoms with Gasteiger partial charge in [0.15, 0.2) is 0 Å². The standard InChI is InChI=1S/C29H27Cl2N7O2/c1-2-18(15-22(26(32)33)27-35-36-28(40-27)25-23(30)9-6-10-24(25)31)20-16-34-38(17-20)21-11-13-37(14-12-21)29(39)19-7-4-3-5-8-19/h2-10,15-17,21,35H,1,11-14H2,(H3,32,33)/b18-15+,27-22?. The van der Waals surface area contributed by atoms with E-state index in [1.165, 1.54) is 0 Å². The quantitative estimate of drug-likeness (QED) is 0.199. The minimum absolute atomic E-state index is 0.0496. The Hall–Kier alpha value is -4.34. The molecule has 2 aromatic carbocycles. The van der Waals surface area contributed by atoms with Gasteiger partial charge in [0.05, 0.1) is 33.4 Å².